The fraction of sp³-hybridized carbons (Fsp3) is 0.375. The molecule has 0 saturated heterocycles. The van der Waals surface area contributed by atoms with Crippen LogP contribution in [0.1, 0.15) is 23.0 Å². The van der Waals surface area contributed by atoms with E-state index in [0.29, 0.717) is 24.6 Å². The summed E-state index contributed by atoms with van der Waals surface area (Å²) in [5.41, 5.74) is 2.20. The first kappa shape index (κ1) is 15.4. The van der Waals surface area contributed by atoms with E-state index in [1.165, 1.54) is 0 Å². The first-order valence-electron chi connectivity index (χ1n) is 6.79. The number of benzene rings is 1. The summed E-state index contributed by atoms with van der Waals surface area (Å²) >= 11 is 0. The van der Waals surface area contributed by atoms with Crippen molar-refractivity contribution < 1.29 is 19.0 Å². The highest BCUT2D eigenvalue weighted by atomic mass is 16.5. The van der Waals surface area contributed by atoms with Gasteiger partial charge in [-0.3, -0.25) is 0 Å². The van der Waals surface area contributed by atoms with Crippen molar-refractivity contribution in [1.29, 1.82) is 0 Å². The third-order valence-electron chi connectivity index (χ3n) is 3.37. The highest BCUT2D eigenvalue weighted by Crippen LogP contribution is 2.30. The summed E-state index contributed by atoms with van der Waals surface area (Å²) in [6, 6.07) is 7.41. The summed E-state index contributed by atoms with van der Waals surface area (Å²) in [6.45, 7) is 3.06. The lowest BCUT2D eigenvalue weighted by Crippen LogP contribution is -2.21. The van der Waals surface area contributed by atoms with Crippen LogP contribution in [0.3, 0.4) is 0 Å². The van der Waals surface area contributed by atoms with Crippen LogP contribution in [0.5, 0.6) is 11.5 Å². The normalized spacial score (nSPS) is 12.2. The van der Waals surface area contributed by atoms with E-state index in [1.807, 2.05) is 19.1 Å². The van der Waals surface area contributed by atoms with Gasteiger partial charge in [0, 0.05) is 13.1 Å². The molecule has 0 aliphatic carbocycles. The average molecular weight is 291 g/mol. The van der Waals surface area contributed by atoms with Crippen LogP contribution in [-0.4, -0.2) is 25.9 Å². The predicted molar refractivity (Wildman–Crippen MR) is 79.7 cm³/mol. The lowest BCUT2D eigenvalue weighted by atomic mass is 10.1. The molecule has 1 aromatic heterocycles. The summed E-state index contributed by atoms with van der Waals surface area (Å²) in [5.74, 6) is 1.98. The van der Waals surface area contributed by atoms with Crippen molar-refractivity contribution in [3.8, 4) is 11.5 Å². The summed E-state index contributed by atoms with van der Waals surface area (Å²) in [7, 11) is 3.24. The molecule has 2 N–H and O–H groups in total. The van der Waals surface area contributed by atoms with Crippen LogP contribution in [0, 0.1) is 6.92 Å². The van der Waals surface area contributed by atoms with E-state index in [4.69, 9.17) is 13.9 Å². The van der Waals surface area contributed by atoms with E-state index in [-0.39, 0.29) is 0 Å². The van der Waals surface area contributed by atoms with Gasteiger partial charge in [0.2, 0.25) is 0 Å². The second-order valence-electron chi connectivity index (χ2n) is 4.80. The Balaban J connectivity index is 1.97. The van der Waals surface area contributed by atoms with Crippen molar-refractivity contribution in [3.05, 3.63) is 47.4 Å². The molecule has 1 heterocycles. The van der Waals surface area contributed by atoms with Crippen molar-refractivity contribution in [3.63, 3.8) is 0 Å². The maximum Gasteiger partial charge on any atom is 0.161 e. The Morgan fingerprint density at radius 1 is 1.24 bits per heavy atom. The Bertz CT molecular complexity index is 566. The number of hydrogen-bond acceptors (Lipinski definition) is 5. The Morgan fingerprint density at radius 2 is 1.95 bits per heavy atom. The minimum atomic E-state index is -0.652. The molecule has 2 aromatic rings. The van der Waals surface area contributed by atoms with E-state index in [2.05, 4.69) is 5.32 Å². The molecule has 0 aliphatic rings. The second kappa shape index (κ2) is 7.15. The number of rotatable bonds is 7. The number of ether oxygens (including phenoxy) is 2. The van der Waals surface area contributed by atoms with E-state index >= 15 is 0 Å². The zero-order valence-electron chi connectivity index (χ0n) is 12.6. The molecule has 5 nitrogen and oxygen atoms in total. The molecule has 21 heavy (non-hydrogen) atoms. The molecule has 1 atom stereocenters. The van der Waals surface area contributed by atoms with Gasteiger partial charge in [-0.15, -0.1) is 0 Å². The Hall–Kier alpha value is -1.98. The molecule has 1 unspecified atom stereocenters. The first-order chi connectivity index (χ1) is 10.2. The highest BCUT2D eigenvalue weighted by Gasteiger charge is 2.11. The van der Waals surface area contributed by atoms with Crippen molar-refractivity contribution in [1.82, 2.24) is 5.32 Å². The fourth-order valence-corrected chi connectivity index (χ4v) is 2.14. The molecule has 0 aliphatic heterocycles. The summed E-state index contributed by atoms with van der Waals surface area (Å²) in [5, 5.41) is 13.2. The van der Waals surface area contributed by atoms with E-state index < -0.39 is 6.10 Å². The van der Waals surface area contributed by atoms with E-state index in [0.717, 1.165) is 16.9 Å². The third kappa shape index (κ3) is 3.77. The number of furan rings is 1. The molecule has 0 amide bonds. The summed E-state index contributed by atoms with van der Waals surface area (Å²) < 4.78 is 15.7. The standard InChI is InChI=1S/C16H21NO4/c1-11-7-15(19-2)16(20-3)8-12(11)9-17-10-13(18)14-5-4-6-21-14/h4-8,13,17-18H,9-10H2,1-3H3. The minimum Gasteiger partial charge on any atom is -0.493 e. The molecule has 0 spiro atoms. The fourth-order valence-electron chi connectivity index (χ4n) is 2.14. The zero-order chi connectivity index (χ0) is 15.2. The number of aryl methyl sites for hydroxylation is 1. The van der Waals surface area contributed by atoms with Crippen molar-refractivity contribution in [2.75, 3.05) is 20.8 Å². The number of hydrogen-bond donors (Lipinski definition) is 2. The maximum atomic E-state index is 9.94. The van der Waals surface area contributed by atoms with Crippen molar-refractivity contribution >= 4 is 0 Å². The number of methoxy groups -OCH3 is 2. The number of nitrogens with one attached hydrogen (secondary N) is 1. The molecule has 114 valence electrons. The minimum absolute atomic E-state index is 0.418. The highest BCUT2D eigenvalue weighted by molar-refractivity contribution is 5.47. The van der Waals surface area contributed by atoms with Crippen LogP contribution in [0.15, 0.2) is 34.9 Å². The Kier molecular flexibility index (Phi) is 5.25. The molecule has 0 radical (unpaired) electrons. The van der Waals surface area contributed by atoms with Gasteiger partial charge in [-0.05, 0) is 42.3 Å². The van der Waals surface area contributed by atoms with Gasteiger partial charge in [0.25, 0.3) is 0 Å². The monoisotopic (exact) mass is 291 g/mol. The van der Waals surface area contributed by atoms with Crippen LogP contribution in [-0.2, 0) is 6.54 Å². The second-order valence-corrected chi connectivity index (χ2v) is 4.80. The van der Waals surface area contributed by atoms with E-state index in [1.54, 1.807) is 32.6 Å². The van der Waals surface area contributed by atoms with Gasteiger partial charge in [-0.25, -0.2) is 0 Å². The molecule has 1 aromatic carbocycles. The third-order valence-corrected chi connectivity index (χ3v) is 3.37. The van der Waals surface area contributed by atoms with Gasteiger partial charge < -0.3 is 24.3 Å². The topological polar surface area (TPSA) is 63.9 Å². The number of aliphatic hydroxyl groups excluding tert-OH is 1. The van der Waals surface area contributed by atoms with Crippen LogP contribution >= 0.6 is 0 Å². The molecular formula is C16H21NO4. The lowest BCUT2D eigenvalue weighted by molar-refractivity contribution is 0.147. The van der Waals surface area contributed by atoms with Crippen molar-refractivity contribution in [2.45, 2.75) is 19.6 Å². The quantitative estimate of drug-likeness (QED) is 0.820. The van der Waals surface area contributed by atoms with Crippen LogP contribution < -0.4 is 14.8 Å². The SMILES string of the molecule is COc1cc(C)c(CNCC(O)c2ccco2)cc1OC. The zero-order valence-corrected chi connectivity index (χ0v) is 12.6. The van der Waals surface area contributed by atoms with Gasteiger partial charge in [0.05, 0.1) is 20.5 Å². The molecule has 2 rings (SSSR count). The van der Waals surface area contributed by atoms with Gasteiger partial charge in [-0.2, -0.15) is 0 Å². The Labute approximate surface area is 124 Å². The van der Waals surface area contributed by atoms with Crippen LogP contribution in [0.25, 0.3) is 0 Å². The van der Waals surface area contributed by atoms with Gasteiger partial charge in [-0.1, -0.05) is 0 Å². The van der Waals surface area contributed by atoms with Crippen LogP contribution in [0.4, 0.5) is 0 Å². The summed E-state index contributed by atoms with van der Waals surface area (Å²) in [6.07, 6.45) is 0.900. The van der Waals surface area contributed by atoms with Crippen molar-refractivity contribution in [2.24, 2.45) is 0 Å². The van der Waals surface area contributed by atoms with Gasteiger partial charge in [0.1, 0.15) is 11.9 Å². The smallest absolute Gasteiger partial charge is 0.161 e. The maximum absolute atomic E-state index is 9.94. The van der Waals surface area contributed by atoms with E-state index in [9.17, 15) is 5.11 Å². The Morgan fingerprint density at radius 3 is 2.57 bits per heavy atom. The lowest BCUT2D eigenvalue weighted by Gasteiger charge is -2.14. The largest absolute Gasteiger partial charge is 0.493 e. The molecule has 0 fully saturated rings. The molecular weight excluding hydrogens is 270 g/mol. The van der Waals surface area contributed by atoms with Gasteiger partial charge in [0.15, 0.2) is 11.5 Å². The molecule has 5 heteroatoms. The number of aliphatic hydroxyl groups is 1. The van der Waals surface area contributed by atoms with Gasteiger partial charge >= 0.3 is 0 Å². The first-order valence-corrected chi connectivity index (χ1v) is 6.79. The summed E-state index contributed by atoms with van der Waals surface area (Å²) in [4.78, 5) is 0. The predicted octanol–water partition coefficient (Wildman–Crippen LogP) is 2.43. The molecule has 0 saturated carbocycles. The van der Waals surface area contributed by atoms with Crippen LogP contribution in [0.2, 0.25) is 0 Å². The average Bonchev–Trinajstić information content (AvgIpc) is 3.02. The molecule has 0 bridgehead atoms.